The van der Waals surface area contributed by atoms with E-state index in [1.165, 1.54) is 22.3 Å². The van der Waals surface area contributed by atoms with Crippen LogP contribution < -0.4 is 0 Å². The van der Waals surface area contributed by atoms with Gasteiger partial charge in [-0.2, -0.15) is 0 Å². The van der Waals surface area contributed by atoms with Crippen LogP contribution in [0.15, 0.2) is 71.2 Å². The molecule has 0 atom stereocenters. The van der Waals surface area contributed by atoms with Crippen LogP contribution in [-0.4, -0.2) is 87.0 Å². The van der Waals surface area contributed by atoms with Gasteiger partial charge < -0.3 is 23.1 Å². The molecule has 1 aliphatic carbocycles. The van der Waals surface area contributed by atoms with Crippen LogP contribution in [0, 0.1) is 0 Å². The van der Waals surface area contributed by atoms with Crippen molar-refractivity contribution in [3.05, 3.63) is 88.1 Å². The Balaban J connectivity index is 0.955. The Morgan fingerprint density at radius 2 is 1.56 bits per heavy atom. The summed E-state index contributed by atoms with van der Waals surface area (Å²) < 4.78 is 28.0. The van der Waals surface area contributed by atoms with Gasteiger partial charge in [0.05, 0.1) is 39.6 Å². The topological polar surface area (TPSA) is 138 Å². The first kappa shape index (κ1) is 34.8. The molecule has 3 aromatic rings. The molecular weight excluding hydrogens is 627 g/mol. The van der Waals surface area contributed by atoms with Crippen molar-refractivity contribution >= 4 is 37.3 Å². The molecule has 45 heavy (non-hydrogen) atoms. The summed E-state index contributed by atoms with van der Waals surface area (Å²) >= 11 is 1.63. The molecule has 1 heterocycles. The number of fused-ring (bicyclic) bond motifs is 3. The number of ether oxygens (including phenoxy) is 4. The van der Waals surface area contributed by atoms with E-state index in [1.54, 1.807) is 24.2 Å². The number of thioether (sulfide) groups is 1. The van der Waals surface area contributed by atoms with Crippen molar-refractivity contribution < 1.29 is 27.9 Å². The number of esters is 1. The summed E-state index contributed by atoms with van der Waals surface area (Å²) in [5, 5.41) is 5.08. The molecule has 2 aromatic carbocycles. The fraction of sp³-hybridized carbons (Fsp3) is 0.452. The van der Waals surface area contributed by atoms with Crippen LogP contribution in [0.2, 0.25) is 6.04 Å². The summed E-state index contributed by atoms with van der Waals surface area (Å²) in [5.41, 5.74) is 14.1. The molecule has 11 nitrogen and oxygen atoms in total. The second kappa shape index (κ2) is 20.9. The lowest BCUT2D eigenvalue weighted by molar-refractivity contribution is -0.144. The second-order valence-electron chi connectivity index (χ2n) is 10.3. The Kier molecular flexibility index (Phi) is 16.1. The van der Waals surface area contributed by atoms with Crippen LogP contribution in [0.25, 0.3) is 21.6 Å². The van der Waals surface area contributed by atoms with Gasteiger partial charge >= 0.3 is 5.97 Å². The largest absolute Gasteiger partial charge is 0.465 e. The number of unbranched alkanes of at least 4 members (excludes halogenated alkanes) is 1. The molecule has 1 aliphatic rings. The molecular formula is C31H41N5O6SSi2. The zero-order valence-electron chi connectivity index (χ0n) is 25.6. The number of benzene rings is 2. The Morgan fingerprint density at radius 1 is 0.889 bits per heavy atom. The highest BCUT2D eigenvalue weighted by Gasteiger charge is 2.28. The number of carbonyl (C=O) groups excluding carboxylic acids is 1. The number of hydrogen-bond donors (Lipinski definition) is 0. The summed E-state index contributed by atoms with van der Waals surface area (Å²) in [4.78, 5) is 23.9. The van der Waals surface area contributed by atoms with Gasteiger partial charge in [0.25, 0.3) is 0 Å². The first-order valence-corrected chi connectivity index (χ1v) is 19.5. The zero-order chi connectivity index (χ0) is 31.4. The van der Waals surface area contributed by atoms with Crippen LogP contribution >= 0.6 is 11.8 Å². The molecule has 1 aromatic heterocycles. The maximum Gasteiger partial charge on any atom is 0.305 e. The van der Waals surface area contributed by atoms with E-state index in [4.69, 9.17) is 28.6 Å². The Labute approximate surface area is 273 Å². The number of nitrogens with zero attached hydrogens (tertiary/aromatic N) is 5. The van der Waals surface area contributed by atoms with Crippen molar-refractivity contribution in [2.45, 2.75) is 43.0 Å². The molecule has 0 spiro atoms. The fourth-order valence-corrected chi connectivity index (χ4v) is 9.94. The lowest BCUT2D eigenvalue weighted by atomic mass is 9.98. The normalized spacial score (nSPS) is 12.5. The third kappa shape index (κ3) is 12.3. The maximum absolute atomic E-state index is 12.4. The molecule has 0 fully saturated rings. The van der Waals surface area contributed by atoms with Crippen molar-refractivity contribution in [2.24, 2.45) is 5.11 Å². The number of aromatic nitrogens is 2. The minimum Gasteiger partial charge on any atom is -0.465 e. The van der Waals surface area contributed by atoms with Gasteiger partial charge in [-0.05, 0) is 40.2 Å². The smallest absolute Gasteiger partial charge is 0.305 e. The molecule has 0 aliphatic heterocycles. The van der Waals surface area contributed by atoms with Crippen LogP contribution in [0.3, 0.4) is 0 Å². The van der Waals surface area contributed by atoms with Gasteiger partial charge in [-0.25, -0.2) is 9.97 Å². The lowest BCUT2D eigenvalue weighted by Crippen LogP contribution is -2.12. The monoisotopic (exact) mass is 667 g/mol. The van der Waals surface area contributed by atoms with E-state index in [0.717, 1.165) is 35.0 Å². The van der Waals surface area contributed by atoms with Crippen LogP contribution in [0.1, 0.15) is 41.9 Å². The highest BCUT2D eigenvalue weighted by Crippen LogP contribution is 2.44. The van der Waals surface area contributed by atoms with Gasteiger partial charge in [0, 0.05) is 47.1 Å². The standard InChI is InChI=1S/C31H41N5O6SSi2/c32-36-35-12-13-38-14-15-39-16-17-40-21-24-19-33-31(34-20-24)43-23-45-42-44-18-6-5-11-30(37)41-22-29-27-9-3-1-7-25(27)26-8-2-4-10-28(26)29/h1-4,7-10,19-20,29H,5-6,11-18,21-23,44-45H2. The first-order valence-electron chi connectivity index (χ1n) is 15.4. The maximum atomic E-state index is 12.4. The number of hydrogen-bond acceptors (Lipinski definition) is 10. The number of carbonyl (C=O) groups is 1. The Morgan fingerprint density at radius 3 is 2.27 bits per heavy atom. The van der Waals surface area contributed by atoms with Crippen LogP contribution in [-0.2, 0) is 34.5 Å². The molecule has 0 unspecified atom stereocenters. The van der Waals surface area contributed by atoms with Gasteiger partial charge in [0.15, 0.2) is 14.9 Å². The third-order valence-corrected chi connectivity index (χ3v) is 12.1. The van der Waals surface area contributed by atoms with E-state index in [2.05, 4.69) is 68.5 Å². The van der Waals surface area contributed by atoms with Gasteiger partial charge in [-0.1, -0.05) is 71.8 Å². The SMILES string of the molecule is [N-]=[N+]=NCCOCCOCCOCc1cnc(SC[SiH2]O[SiH2]CCCCC(=O)OCC2c3ccccc3-c3ccccc32)nc1. The zero-order valence-corrected chi connectivity index (χ0v) is 29.2. The van der Waals surface area contributed by atoms with Crippen molar-refractivity contribution in [1.29, 1.82) is 0 Å². The minimum absolute atomic E-state index is 0.111. The third-order valence-electron chi connectivity index (χ3n) is 7.10. The molecule has 0 saturated heterocycles. The summed E-state index contributed by atoms with van der Waals surface area (Å²) in [5.74, 6) is -0.00455. The van der Waals surface area contributed by atoms with Crippen LogP contribution in [0.5, 0.6) is 0 Å². The van der Waals surface area contributed by atoms with Crippen molar-refractivity contribution in [3.63, 3.8) is 0 Å². The van der Waals surface area contributed by atoms with Crippen molar-refractivity contribution in [3.8, 4) is 11.1 Å². The molecule has 0 saturated carbocycles. The van der Waals surface area contributed by atoms with E-state index in [-0.39, 0.29) is 11.9 Å². The van der Waals surface area contributed by atoms with E-state index in [0.29, 0.717) is 59.2 Å². The summed E-state index contributed by atoms with van der Waals surface area (Å²) in [6, 6.07) is 17.9. The lowest BCUT2D eigenvalue weighted by Gasteiger charge is -2.14. The molecule has 14 heteroatoms. The first-order chi connectivity index (χ1) is 22.3. The average Bonchev–Trinajstić information content (AvgIpc) is 3.39. The van der Waals surface area contributed by atoms with E-state index < -0.39 is 19.5 Å². The molecule has 0 radical (unpaired) electrons. The number of rotatable bonds is 23. The second-order valence-corrected chi connectivity index (χ2v) is 15.7. The van der Waals surface area contributed by atoms with E-state index in [9.17, 15) is 4.79 Å². The van der Waals surface area contributed by atoms with E-state index >= 15 is 0 Å². The molecule has 240 valence electrons. The molecule has 0 bridgehead atoms. The van der Waals surface area contributed by atoms with Gasteiger partial charge in [0.2, 0.25) is 0 Å². The summed E-state index contributed by atoms with van der Waals surface area (Å²) in [6.07, 6.45) is 5.90. The van der Waals surface area contributed by atoms with Gasteiger partial charge in [-0.3, -0.25) is 4.79 Å². The average molecular weight is 668 g/mol. The predicted molar refractivity (Wildman–Crippen MR) is 180 cm³/mol. The molecule has 0 N–H and O–H groups in total. The predicted octanol–water partition coefficient (Wildman–Crippen LogP) is 4.51. The highest BCUT2D eigenvalue weighted by molar-refractivity contribution is 8.00. The molecule has 0 amide bonds. The Bertz CT molecular complexity index is 1320. The van der Waals surface area contributed by atoms with Crippen molar-refractivity contribution in [1.82, 2.24) is 9.97 Å². The summed E-state index contributed by atoms with van der Waals surface area (Å²) in [7, 11) is -1.15. The number of azide groups is 1. The van der Waals surface area contributed by atoms with Gasteiger partial charge in [0.1, 0.15) is 16.4 Å². The quantitative estimate of drug-likeness (QED) is 0.0209. The molecule has 4 rings (SSSR count). The fourth-order valence-electron chi connectivity index (χ4n) is 4.90. The summed E-state index contributed by atoms with van der Waals surface area (Å²) in [6.45, 7) is 3.41. The van der Waals surface area contributed by atoms with Gasteiger partial charge in [-0.15, -0.1) is 0 Å². The highest BCUT2D eigenvalue weighted by atomic mass is 32.2. The van der Waals surface area contributed by atoms with Crippen molar-refractivity contribution in [2.75, 3.05) is 51.6 Å². The van der Waals surface area contributed by atoms with E-state index in [1.807, 2.05) is 0 Å². The van der Waals surface area contributed by atoms with Crippen LogP contribution in [0.4, 0.5) is 0 Å². The Hall–Kier alpha value is -3.08. The minimum atomic E-state index is -0.602.